The Balaban J connectivity index is -0.0000353. The summed E-state index contributed by atoms with van der Waals surface area (Å²) < 4.78 is 16.6. The van der Waals surface area contributed by atoms with E-state index < -0.39 is 97.8 Å². The molecule has 0 spiro atoms. The summed E-state index contributed by atoms with van der Waals surface area (Å²) in [6, 6.07) is -1.33. The van der Waals surface area contributed by atoms with Gasteiger partial charge in [0.05, 0.1) is 12.5 Å². The van der Waals surface area contributed by atoms with E-state index >= 15 is 0 Å². The highest BCUT2D eigenvalue weighted by Crippen LogP contribution is 2.19. The van der Waals surface area contributed by atoms with Gasteiger partial charge in [-0.25, -0.2) is 0 Å². The molecule has 0 aliphatic rings. The van der Waals surface area contributed by atoms with Crippen molar-refractivity contribution in [3.63, 3.8) is 0 Å². The van der Waals surface area contributed by atoms with Crippen molar-refractivity contribution in [3.05, 3.63) is 14.9 Å². The van der Waals surface area contributed by atoms with Gasteiger partial charge in [0.2, 0.25) is 11.8 Å². The zero-order chi connectivity index (χ0) is 62.6. The van der Waals surface area contributed by atoms with Crippen molar-refractivity contribution in [1.82, 2.24) is 16.0 Å². The standard InChI is InChI=1S/C68H123N3O14.2CH3/c1-4-6-8-10-12-14-16-18-20-22-24-26-30-34-38-43-65(79)83-55-59(85-67(81)44-39-35-31-27-25-23-21-19-17-15-13-11-9-7-5-2)56-84-66(80)50-47-62(74)71-60(46-49-64(77)78)61(73)54-58(45-48-63(75)76)68(82)70-53-41-52-69-51-40-36-32-28-29-33-37-42-57(3)72;;/h58-60,69H,4-56H2,1-3H3,(H,70,82)(H,71,74)(H,75,76)(H,77,78);2*1H3/q;2*-1. The number of aliphatic carboxylic acids is 2. The second kappa shape index (κ2) is 64.6. The number of ether oxygens (including phenoxy) is 3. The molecule has 0 aliphatic heterocycles. The number of carboxylic acid groups (broad SMARTS) is 2. The topological polar surface area (TPSA) is 258 Å². The molecule has 0 heterocycles. The number of hydrogen-bond donors (Lipinski definition) is 5. The first-order valence-corrected chi connectivity index (χ1v) is 34.4. The lowest BCUT2D eigenvalue weighted by molar-refractivity contribution is -0.167. The molecule has 510 valence electrons. The molecular formula is C70H129N3O14-2. The van der Waals surface area contributed by atoms with Crippen LogP contribution in [0.1, 0.15) is 329 Å². The Hall–Kier alpha value is -4.41. The van der Waals surface area contributed by atoms with Crippen molar-refractivity contribution >= 4 is 53.2 Å². The van der Waals surface area contributed by atoms with E-state index in [2.05, 4.69) is 29.8 Å². The van der Waals surface area contributed by atoms with Gasteiger partial charge in [-0.3, -0.25) is 38.4 Å². The third-order valence-electron chi connectivity index (χ3n) is 15.8. The number of carbonyl (C=O) groups excluding carboxylic acids is 7. The number of carboxylic acids is 2. The average Bonchev–Trinajstić information content (AvgIpc) is 3.61. The minimum absolute atomic E-state index is 0. The molecule has 0 saturated heterocycles. The van der Waals surface area contributed by atoms with Crippen LogP contribution in [0.5, 0.6) is 0 Å². The molecule has 3 unspecified atom stereocenters. The quantitative estimate of drug-likeness (QED) is 0.0164. The van der Waals surface area contributed by atoms with Crippen LogP contribution in [-0.4, -0.2) is 108 Å². The Morgan fingerprint density at radius 3 is 1.18 bits per heavy atom. The number of amides is 2. The SMILES string of the molecule is CCCCCCCCCCCCCCCCCC(=O)OCC(COC(=O)CCC(=O)NC(CCC(=O)O)C(=O)CC(CCC(=O)O)C(=O)NCCCNCCCCCCCCCC(C)=O)OC(=O)CCCCCCCCCCCCCCCCC.[CH3-].[CH3-]. The van der Waals surface area contributed by atoms with Gasteiger partial charge < -0.3 is 60.0 Å². The lowest BCUT2D eigenvalue weighted by Crippen LogP contribution is -2.43. The monoisotopic (exact) mass is 1240 g/mol. The number of esters is 3. The van der Waals surface area contributed by atoms with Crippen molar-refractivity contribution in [1.29, 1.82) is 0 Å². The summed E-state index contributed by atoms with van der Waals surface area (Å²) in [5, 5.41) is 27.5. The van der Waals surface area contributed by atoms with E-state index in [0.717, 1.165) is 90.0 Å². The maximum absolute atomic E-state index is 13.6. The number of ketones is 2. The highest BCUT2D eigenvalue weighted by molar-refractivity contribution is 5.93. The third-order valence-corrected chi connectivity index (χ3v) is 15.8. The number of carbonyl (C=O) groups is 9. The Labute approximate surface area is 529 Å². The number of nitrogens with one attached hydrogen (secondary N) is 3. The summed E-state index contributed by atoms with van der Waals surface area (Å²) in [4.78, 5) is 113. The molecule has 0 rings (SSSR count). The van der Waals surface area contributed by atoms with Crippen LogP contribution >= 0.6 is 0 Å². The zero-order valence-corrected chi connectivity index (χ0v) is 56.0. The summed E-state index contributed by atoms with van der Waals surface area (Å²) in [5.41, 5.74) is 0. The van der Waals surface area contributed by atoms with Crippen molar-refractivity contribution < 1.29 is 67.6 Å². The lowest BCUT2D eigenvalue weighted by Gasteiger charge is -2.21. The molecule has 3 atom stereocenters. The maximum atomic E-state index is 13.6. The van der Waals surface area contributed by atoms with Crippen molar-refractivity contribution in [2.24, 2.45) is 5.92 Å². The van der Waals surface area contributed by atoms with Gasteiger partial charge in [0.25, 0.3) is 0 Å². The summed E-state index contributed by atoms with van der Waals surface area (Å²) in [7, 11) is 0. The van der Waals surface area contributed by atoms with E-state index in [1.165, 1.54) is 141 Å². The molecule has 0 bridgehead atoms. The van der Waals surface area contributed by atoms with Gasteiger partial charge in [-0.15, -0.1) is 0 Å². The molecule has 0 aliphatic carbocycles. The summed E-state index contributed by atoms with van der Waals surface area (Å²) in [6.07, 6.45) is 41.4. The molecule has 0 fully saturated rings. The largest absolute Gasteiger partial charge is 0.481 e. The second-order valence-corrected chi connectivity index (χ2v) is 24.1. The van der Waals surface area contributed by atoms with Crippen LogP contribution in [0.4, 0.5) is 0 Å². The number of Topliss-reactive ketones (excluding diaryl/α,β-unsaturated/α-hetero) is 2. The molecule has 17 heteroatoms. The fourth-order valence-corrected chi connectivity index (χ4v) is 10.4. The predicted octanol–water partition coefficient (Wildman–Crippen LogP) is 15.8. The Morgan fingerprint density at radius 1 is 0.391 bits per heavy atom. The molecule has 0 aromatic carbocycles. The first-order valence-electron chi connectivity index (χ1n) is 34.4. The van der Waals surface area contributed by atoms with Crippen LogP contribution < -0.4 is 16.0 Å². The van der Waals surface area contributed by atoms with Crippen LogP contribution in [0.3, 0.4) is 0 Å². The van der Waals surface area contributed by atoms with Crippen LogP contribution in [0.25, 0.3) is 0 Å². The molecular weight excluding hydrogens is 1110 g/mol. The van der Waals surface area contributed by atoms with Crippen molar-refractivity contribution in [2.45, 2.75) is 341 Å². The number of rotatable bonds is 65. The summed E-state index contributed by atoms with van der Waals surface area (Å²) in [5.74, 6) is -6.86. The minimum Gasteiger partial charge on any atom is -0.481 e. The molecule has 17 nitrogen and oxygen atoms in total. The molecule has 0 aromatic heterocycles. The normalized spacial score (nSPS) is 12.0. The van der Waals surface area contributed by atoms with E-state index in [9.17, 15) is 53.4 Å². The Morgan fingerprint density at radius 2 is 0.759 bits per heavy atom. The highest BCUT2D eigenvalue weighted by Gasteiger charge is 2.29. The average molecular weight is 1240 g/mol. The summed E-state index contributed by atoms with van der Waals surface area (Å²) >= 11 is 0. The van der Waals surface area contributed by atoms with E-state index in [0.29, 0.717) is 32.2 Å². The molecule has 0 aromatic rings. The first kappa shape index (κ1) is 86.8. The second-order valence-electron chi connectivity index (χ2n) is 24.1. The Kier molecular flexibility index (Phi) is 64.4. The molecule has 0 saturated carbocycles. The minimum atomic E-state index is -1.33. The van der Waals surface area contributed by atoms with E-state index in [1.807, 2.05) is 0 Å². The van der Waals surface area contributed by atoms with E-state index in [4.69, 9.17) is 14.2 Å². The van der Waals surface area contributed by atoms with Gasteiger partial charge in [-0.05, 0) is 65.0 Å². The summed E-state index contributed by atoms with van der Waals surface area (Å²) in [6.45, 7) is 7.14. The lowest BCUT2D eigenvalue weighted by atomic mass is 9.91. The van der Waals surface area contributed by atoms with E-state index in [-0.39, 0.29) is 65.9 Å². The van der Waals surface area contributed by atoms with Crippen molar-refractivity contribution in [3.8, 4) is 0 Å². The van der Waals surface area contributed by atoms with Crippen molar-refractivity contribution in [2.75, 3.05) is 32.8 Å². The zero-order valence-electron chi connectivity index (χ0n) is 56.0. The van der Waals surface area contributed by atoms with Crippen LogP contribution in [0.2, 0.25) is 0 Å². The van der Waals surface area contributed by atoms with E-state index in [1.54, 1.807) is 6.92 Å². The molecule has 87 heavy (non-hydrogen) atoms. The number of unbranched alkanes of at least 4 members (excludes halogenated alkanes) is 34. The predicted molar refractivity (Wildman–Crippen MR) is 350 cm³/mol. The third kappa shape index (κ3) is 61.6. The Bertz CT molecular complexity index is 1730. The highest BCUT2D eigenvalue weighted by atomic mass is 16.6. The smallest absolute Gasteiger partial charge is 0.306 e. The van der Waals surface area contributed by atoms with Gasteiger partial charge in [0.1, 0.15) is 19.0 Å². The first-order chi connectivity index (χ1) is 41.2. The molecule has 5 N–H and O–H groups in total. The van der Waals surface area contributed by atoms with Gasteiger partial charge in [-0.1, -0.05) is 226 Å². The fourth-order valence-electron chi connectivity index (χ4n) is 10.4. The van der Waals surface area contributed by atoms with Crippen LogP contribution in [-0.2, 0) is 57.4 Å². The number of hydrogen-bond acceptors (Lipinski definition) is 13. The van der Waals surface area contributed by atoms with Gasteiger partial charge in [0, 0.05) is 57.4 Å². The fraction of sp³-hybridized carbons (Fsp3) is 0.843. The molecule has 0 radical (unpaired) electrons. The van der Waals surface area contributed by atoms with Gasteiger partial charge in [-0.2, -0.15) is 0 Å². The molecule has 2 amide bonds. The van der Waals surface area contributed by atoms with Crippen LogP contribution in [0, 0.1) is 20.8 Å². The van der Waals surface area contributed by atoms with Gasteiger partial charge >= 0.3 is 29.8 Å². The van der Waals surface area contributed by atoms with Crippen LogP contribution in [0.15, 0.2) is 0 Å². The maximum Gasteiger partial charge on any atom is 0.306 e. The van der Waals surface area contributed by atoms with Gasteiger partial charge in [0.15, 0.2) is 11.9 Å².